The van der Waals surface area contributed by atoms with Crippen molar-refractivity contribution in [2.24, 2.45) is 0 Å². The van der Waals surface area contributed by atoms with Gasteiger partial charge in [0.15, 0.2) is 5.69 Å². The van der Waals surface area contributed by atoms with E-state index >= 15 is 0 Å². The summed E-state index contributed by atoms with van der Waals surface area (Å²) < 4.78 is 202. The smallest absolute Gasteiger partial charge is 0.288 e. The highest BCUT2D eigenvalue weighted by Crippen LogP contribution is 2.42. The first-order valence-corrected chi connectivity index (χ1v) is 10.7. The van der Waals surface area contributed by atoms with Gasteiger partial charge < -0.3 is 0 Å². The molecule has 0 fully saturated rings. The number of aromatic nitrogens is 2. The maximum atomic E-state index is 13.8. The van der Waals surface area contributed by atoms with Crippen molar-refractivity contribution < 1.29 is 70.7 Å². The Balaban J connectivity index is 2.48. The first-order valence-electron chi connectivity index (χ1n) is 10.7. The summed E-state index contributed by atoms with van der Waals surface area (Å²) in [6.45, 7) is 0. The molecule has 21 heteroatoms. The normalized spacial score (nSPS) is 13.0. The maximum absolute atomic E-state index is 13.8. The third kappa shape index (κ3) is 6.07. The molecule has 6 nitrogen and oxygen atoms in total. The number of hydrogen-bond donors (Lipinski definition) is 1. The lowest BCUT2D eigenvalue weighted by atomic mass is 9.93. The van der Waals surface area contributed by atoms with Crippen LogP contribution in [0, 0.1) is 22.7 Å². The van der Waals surface area contributed by atoms with Crippen LogP contribution in [0.4, 0.5) is 65.9 Å². The van der Waals surface area contributed by atoms with Gasteiger partial charge in [-0.1, -0.05) is 0 Å². The molecule has 44 heavy (non-hydrogen) atoms. The molecule has 1 aromatic heterocycles. The van der Waals surface area contributed by atoms with E-state index in [1.54, 1.807) is 0 Å². The van der Waals surface area contributed by atoms with Crippen LogP contribution < -0.4 is 5.56 Å². The Hall–Kier alpha value is -4.95. The molecular weight excluding hydrogens is 649 g/mol. The highest BCUT2D eigenvalue weighted by Gasteiger charge is 2.46. The van der Waals surface area contributed by atoms with E-state index in [0.29, 0.717) is 12.1 Å². The van der Waals surface area contributed by atoms with E-state index in [1.165, 1.54) is 0 Å². The summed E-state index contributed by atoms with van der Waals surface area (Å²) in [6, 6.07) is -0.591. The molecule has 0 unspecified atom stereocenters. The molecule has 0 saturated heterocycles. The monoisotopic (exact) mass is 654 g/mol. The highest BCUT2D eigenvalue weighted by molar-refractivity contribution is 6.10. The lowest BCUT2D eigenvalue weighted by Gasteiger charge is -2.17. The van der Waals surface area contributed by atoms with E-state index in [0.717, 1.165) is 5.10 Å². The topological polar surface area (TPSA) is 102 Å². The fourth-order valence-electron chi connectivity index (χ4n) is 3.84. The standard InChI is InChI=1S/C23H5F15N4O2/c24-19(25,26)11-1-7(2-12(9(11)5-39)20(27,28)29)16(43)15-17(23(36,37)38)41-42(18(15)44)8-3-13(21(30,31)32)10(6-40)14(4-8)22(33,34)35/h1-4,41H. The van der Waals surface area contributed by atoms with Gasteiger partial charge in [-0.2, -0.15) is 76.4 Å². The second-order valence-corrected chi connectivity index (χ2v) is 8.41. The number of benzene rings is 2. The van der Waals surface area contributed by atoms with Gasteiger partial charge in [0, 0.05) is 5.56 Å². The Bertz CT molecular complexity index is 1730. The molecule has 0 atom stereocenters. The van der Waals surface area contributed by atoms with Crippen molar-refractivity contribution in [2.45, 2.75) is 30.9 Å². The van der Waals surface area contributed by atoms with Gasteiger partial charge in [0.05, 0.1) is 39.1 Å². The predicted octanol–water partition coefficient (Wildman–Crippen LogP) is 7.23. The number of ketones is 1. The van der Waals surface area contributed by atoms with Gasteiger partial charge in [-0.25, -0.2) is 4.68 Å². The van der Waals surface area contributed by atoms with Gasteiger partial charge in [0.25, 0.3) is 5.56 Å². The molecule has 0 aliphatic carbocycles. The summed E-state index contributed by atoms with van der Waals surface area (Å²) in [5, 5.41) is 18.8. The fourth-order valence-corrected chi connectivity index (χ4v) is 3.84. The number of H-pyrrole nitrogens is 1. The summed E-state index contributed by atoms with van der Waals surface area (Å²) in [5.41, 5.74) is -25.0. The van der Waals surface area contributed by atoms with Gasteiger partial charge in [-0.3, -0.25) is 14.7 Å². The van der Waals surface area contributed by atoms with Gasteiger partial charge in [0.2, 0.25) is 5.78 Å². The van der Waals surface area contributed by atoms with E-state index in [4.69, 9.17) is 10.5 Å². The van der Waals surface area contributed by atoms with Crippen molar-refractivity contribution >= 4 is 5.78 Å². The molecule has 1 heterocycles. The average Bonchev–Trinajstić information content (AvgIpc) is 3.21. The van der Waals surface area contributed by atoms with E-state index in [1.807, 2.05) is 0 Å². The highest BCUT2D eigenvalue weighted by atomic mass is 19.4. The van der Waals surface area contributed by atoms with Crippen LogP contribution >= 0.6 is 0 Å². The van der Waals surface area contributed by atoms with Crippen LogP contribution in [-0.2, 0) is 30.9 Å². The van der Waals surface area contributed by atoms with E-state index in [2.05, 4.69) is 0 Å². The van der Waals surface area contributed by atoms with Crippen molar-refractivity contribution in [3.05, 3.63) is 84.8 Å². The number of nitriles is 2. The first kappa shape index (κ1) is 33.6. The third-order valence-electron chi connectivity index (χ3n) is 5.63. The van der Waals surface area contributed by atoms with E-state index < -0.39 is 127 Å². The number of halogens is 15. The Labute approximate surface area is 231 Å². The molecule has 0 aliphatic heterocycles. The number of aromatic amines is 1. The van der Waals surface area contributed by atoms with Crippen molar-refractivity contribution in [2.75, 3.05) is 0 Å². The zero-order valence-electron chi connectivity index (χ0n) is 20.1. The van der Waals surface area contributed by atoms with Crippen LogP contribution in [-0.4, -0.2) is 15.6 Å². The van der Waals surface area contributed by atoms with Crippen LogP contribution in [0.15, 0.2) is 29.1 Å². The Morgan fingerprint density at radius 2 is 0.955 bits per heavy atom. The summed E-state index contributed by atoms with van der Waals surface area (Å²) in [6.07, 6.45) is -29.2. The molecule has 1 N–H and O–H groups in total. The minimum atomic E-state index is -5.95. The molecule has 0 radical (unpaired) electrons. The molecule has 234 valence electrons. The van der Waals surface area contributed by atoms with Crippen molar-refractivity contribution in [3.63, 3.8) is 0 Å². The van der Waals surface area contributed by atoms with Crippen LogP contribution in [0.3, 0.4) is 0 Å². The van der Waals surface area contributed by atoms with Gasteiger partial charge in [-0.15, -0.1) is 0 Å². The Morgan fingerprint density at radius 3 is 1.25 bits per heavy atom. The zero-order chi connectivity index (χ0) is 34.0. The number of hydrogen-bond acceptors (Lipinski definition) is 4. The fraction of sp³-hybridized carbons (Fsp3) is 0.217. The Morgan fingerprint density at radius 1 is 0.614 bits per heavy atom. The molecular formula is C23H5F15N4O2. The summed E-state index contributed by atoms with van der Waals surface area (Å²) in [7, 11) is 0. The minimum absolute atomic E-state index is 0.397. The van der Waals surface area contributed by atoms with E-state index in [9.17, 15) is 75.4 Å². The lowest BCUT2D eigenvalue weighted by Crippen LogP contribution is -2.24. The lowest BCUT2D eigenvalue weighted by molar-refractivity contribution is -0.145. The first-order chi connectivity index (χ1) is 19.7. The molecule has 0 spiro atoms. The summed E-state index contributed by atoms with van der Waals surface area (Å²) in [4.78, 5) is 25.8. The Kier molecular flexibility index (Phi) is 7.89. The van der Waals surface area contributed by atoms with Crippen LogP contribution in [0.25, 0.3) is 5.69 Å². The number of nitrogens with zero attached hydrogens (tertiary/aromatic N) is 3. The number of carbonyl (C=O) groups is 1. The van der Waals surface area contributed by atoms with Crippen molar-refractivity contribution in [3.8, 4) is 17.8 Å². The number of carbonyl (C=O) groups excluding carboxylic acids is 1. The number of nitrogens with one attached hydrogen (secondary N) is 1. The van der Waals surface area contributed by atoms with Gasteiger partial charge in [-0.05, 0) is 24.3 Å². The molecule has 2 aromatic carbocycles. The molecule has 3 aromatic rings. The zero-order valence-corrected chi connectivity index (χ0v) is 20.1. The average molecular weight is 654 g/mol. The maximum Gasteiger partial charge on any atom is 0.433 e. The van der Waals surface area contributed by atoms with Gasteiger partial charge in [0.1, 0.15) is 17.7 Å². The van der Waals surface area contributed by atoms with E-state index in [-0.39, 0.29) is 0 Å². The molecule has 0 bridgehead atoms. The summed E-state index contributed by atoms with van der Waals surface area (Å²) >= 11 is 0. The molecule has 3 rings (SSSR count). The van der Waals surface area contributed by atoms with Crippen molar-refractivity contribution in [1.29, 1.82) is 10.5 Å². The third-order valence-corrected chi connectivity index (χ3v) is 5.63. The van der Waals surface area contributed by atoms with Gasteiger partial charge >= 0.3 is 30.9 Å². The van der Waals surface area contributed by atoms with Crippen LogP contribution in [0.2, 0.25) is 0 Å². The largest absolute Gasteiger partial charge is 0.433 e. The van der Waals surface area contributed by atoms with Crippen molar-refractivity contribution in [1.82, 2.24) is 9.78 Å². The quantitative estimate of drug-likeness (QED) is 0.238. The number of alkyl halides is 15. The summed E-state index contributed by atoms with van der Waals surface area (Å²) in [5.74, 6) is -2.54. The van der Waals surface area contributed by atoms with Crippen LogP contribution in [0.5, 0.6) is 0 Å². The predicted molar refractivity (Wildman–Crippen MR) is 111 cm³/mol. The second-order valence-electron chi connectivity index (χ2n) is 8.41. The SMILES string of the molecule is N#Cc1c(C(F)(F)F)cc(C(=O)c2c(C(F)(F)F)[nH]n(-c3cc(C(F)(F)F)c(C#N)c(C(F)(F)F)c3)c2=O)cc1C(F)(F)F. The number of rotatable bonds is 3. The minimum Gasteiger partial charge on any atom is -0.288 e. The van der Waals surface area contributed by atoms with Crippen LogP contribution in [0.1, 0.15) is 55.0 Å². The second kappa shape index (κ2) is 10.3. The molecule has 0 amide bonds. The molecule has 0 saturated carbocycles. The molecule has 0 aliphatic rings.